The van der Waals surface area contributed by atoms with Crippen molar-refractivity contribution in [2.45, 2.75) is 11.3 Å². The zero-order chi connectivity index (χ0) is 21.9. The molecule has 0 aliphatic heterocycles. The molecule has 0 fully saturated rings. The highest BCUT2D eigenvalue weighted by atomic mass is 32.2. The van der Waals surface area contributed by atoms with E-state index < -0.39 is 32.6 Å². The van der Waals surface area contributed by atoms with Gasteiger partial charge in [-0.25, -0.2) is 30.9 Å². The van der Waals surface area contributed by atoms with Crippen molar-refractivity contribution in [1.29, 1.82) is 5.26 Å². The molecule has 0 saturated heterocycles. The number of carbonyl (C=O) groups is 1. The van der Waals surface area contributed by atoms with Crippen LogP contribution in [0.25, 0.3) is 11.3 Å². The van der Waals surface area contributed by atoms with Crippen molar-refractivity contribution in [2.75, 3.05) is 6.54 Å². The number of carboxylic acid groups (broad SMARTS) is 1. The number of hydrogen-bond donors (Lipinski definition) is 2. The summed E-state index contributed by atoms with van der Waals surface area (Å²) >= 11 is 0. The molecule has 0 atom stereocenters. The van der Waals surface area contributed by atoms with Crippen molar-refractivity contribution in [3.63, 3.8) is 0 Å². The highest BCUT2D eigenvalue weighted by Crippen LogP contribution is 2.30. The summed E-state index contributed by atoms with van der Waals surface area (Å²) in [5.74, 6) is -2.20. The summed E-state index contributed by atoms with van der Waals surface area (Å²) in [7, 11) is -4.51. The standard InChI is InChI=1S/C19H14F2N4O4S/c20-13-3-4-18(15(21)9-13)30(28,29)25-11-12(5-7-24-19(26)27)8-17(25)14-2-1-6-23-16(14)10-22/h1-4,6,8-9,11,24H,5,7H2,(H,26,27). The number of benzene rings is 1. The van der Waals surface area contributed by atoms with Gasteiger partial charge in [-0.3, -0.25) is 0 Å². The fourth-order valence-corrected chi connectivity index (χ4v) is 4.28. The second-order valence-electron chi connectivity index (χ2n) is 6.10. The predicted molar refractivity (Wildman–Crippen MR) is 101 cm³/mol. The molecule has 30 heavy (non-hydrogen) atoms. The Balaban J connectivity index is 2.17. The first-order valence-electron chi connectivity index (χ1n) is 8.48. The Kier molecular flexibility index (Phi) is 5.79. The van der Waals surface area contributed by atoms with Crippen LogP contribution >= 0.6 is 0 Å². The Labute approximate surface area is 170 Å². The number of pyridine rings is 1. The van der Waals surface area contributed by atoms with Gasteiger partial charge in [0.1, 0.15) is 28.3 Å². The van der Waals surface area contributed by atoms with Crippen molar-refractivity contribution in [3.05, 3.63) is 71.7 Å². The maximum Gasteiger partial charge on any atom is 0.404 e. The lowest BCUT2D eigenvalue weighted by Gasteiger charge is -2.12. The number of rotatable bonds is 6. The van der Waals surface area contributed by atoms with Crippen LogP contribution in [0.4, 0.5) is 13.6 Å². The Morgan fingerprint density at radius 3 is 2.70 bits per heavy atom. The molecule has 0 spiro atoms. The maximum atomic E-state index is 14.2. The van der Waals surface area contributed by atoms with Crippen molar-refractivity contribution in [3.8, 4) is 17.3 Å². The molecule has 0 aliphatic carbocycles. The molecule has 154 valence electrons. The number of amides is 1. The van der Waals surface area contributed by atoms with Gasteiger partial charge in [0.2, 0.25) is 0 Å². The minimum absolute atomic E-state index is 0.00188. The second kappa shape index (κ2) is 8.30. The van der Waals surface area contributed by atoms with Crippen LogP contribution < -0.4 is 5.32 Å². The van der Waals surface area contributed by atoms with Gasteiger partial charge in [0.25, 0.3) is 10.0 Å². The van der Waals surface area contributed by atoms with E-state index in [1.54, 1.807) is 0 Å². The fraction of sp³-hybridized carbons (Fsp3) is 0.105. The average molecular weight is 432 g/mol. The van der Waals surface area contributed by atoms with Crippen LogP contribution in [0, 0.1) is 23.0 Å². The van der Waals surface area contributed by atoms with E-state index in [0.29, 0.717) is 11.6 Å². The van der Waals surface area contributed by atoms with E-state index in [2.05, 4.69) is 10.3 Å². The Morgan fingerprint density at radius 2 is 2.03 bits per heavy atom. The zero-order valence-electron chi connectivity index (χ0n) is 15.2. The maximum absolute atomic E-state index is 14.2. The lowest BCUT2D eigenvalue weighted by atomic mass is 10.1. The molecular weight excluding hydrogens is 418 g/mol. The number of nitrogens with zero attached hydrogens (tertiary/aromatic N) is 3. The Bertz CT molecular complexity index is 1270. The van der Waals surface area contributed by atoms with Crippen LogP contribution in [0.3, 0.4) is 0 Å². The topological polar surface area (TPSA) is 125 Å². The van der Waals surface area contributed by atoms with E-state index in [1.807, 2.05) is 6.07 Å². The summed E-state index contributed by atoms with van der Waals surface area (Å²) < 4.78 is 54.5. The van der Waals surface area contributed by atoms with Gasteiger partial charge in [0.15, 0.2) is 0 Å². The first-order valence-corrected chi connectivity index (χ1v) is 9.92. The third-order valence-corrected chi connectivity index (χ3v) is 5.86. The lowest BCUT2D eigenvalue weighted by molar-refractivity contribution is 0.194. The van der Waals surface area contributed by atoms with E-state index in [4.69, 9.17) is 5.11 Å². The molecule has 2 heterocycles. The van der Waals surface area contributed by atoms with Crippen molar-refractivity contribution in [1.82, 2.24) is 14.3 Å². The third-order valence-electron chi connectivity index (χ3n) is 4.15. The van der Waals surface area contributed by atoms with E-state index >= 15 is 0 Å². The monoisotopic (exact) mass is 432 g/mol. The van der Waals surface area contributed by atoms with Gasteiger partial charge in [-0.05, 0) is 42.3 Å². The summed E-state index contributed by atoms with van der Waals surface area (Å²) in [4.78, 5) is 13.8. The van der Waals surface area contributed by atoms with Gasteiger partial charge in [-0.1, -0.05) is 0 Å². The minimum Gasteiger partial charge on any atom is -0.465 e. The average Bonchev–Trinajstić information content (AvgIpc) is 3.12. The number of hydrogen-bond acceptors (Lipinski definition) is 5. The molecule has 0 unspecified atom stereocenters. The van der Waals surface area contributed by atoms with Crippen molar-refractivity contribution in [2.24, 2.45) is 0 Å². The molecule has 2 N–H and O–H groups in total. The van der Waals surface area contributed by atoms with Gasteiger partial charge in [-0.15, -0.1) is 0 Å². The normalized spacial score (nSPS) is 11.1. The molecule has 0 aliphatic rings. The summed E-state index contributed by atoms with van der Waals surface area (Å²) in [5, 5.41) is 20.2. The van der Waals surface area contributed by atoms with Crippen LogP contribution in [0.5, 0.6) is 0 Å². The van der Waals surface area contributed by atoms with Gasteiger partial charge >= 0.3 is 6.09 Å². The minimum atomic E-state index is -4.51. The molecule has 3 aromatic rings. The number of halogens is 2. The summed E-state index contributed by atoms with van der Waals surface area (Å²) in [6.07, 6.45) is 1.46. The number of nitrogens with one attached hydrogen (secondary N) is 1. The predicted octanol–water partition coefficient (Wildman–Crippen LogP) is 2.75. The highest BCUT2D eigenvalue weighted by Gasteiger charge is 2.26. The van der Waals surface area contributed by atoms with Gasteiger partial charge in [0.05, 0.1) is 5.69 Å². The smallest absolute Gasteiger partial charge is 0.404 e. The largest absolute Gasteiger partial charge is 0.465 e. The summed E-state index contributed by atoms with van der Waals surface area (Å²) in [6.45, 7) is 0.00188. The van der Waals surface area contributed by atoms with E-state index in [1.165, 1.54) is 30.6 Å². The molecule has 2 aromatic heterocycles. The quantitative estimate of drug-likeness (QED) is 0.617. The molecule has 11 heteroatoms. The Hall–Kier alpha value is -3.78. The van der Waals surface area contributed by atoms with Gasteiger partial charge in [0, 0.05) is 30.6 Å². The molecule has 0 saturated carbocycles. The van der Waals surface area contributed by atoms with Crippen LogP contribution in [0.1, 0.15) is 11.3 Å². The summed E-state index contributed by atoms with van der Waals surface area (Å²) in [5.41, 5.74) is 0.580. The molecule has 3 rings (SSSR count). The molecule has 1 aromatic carbocycles. The first kappa shape index (κ1) is 20.9. The number of nitriles is 1. The van der Waals surface area contributed by atoms with Crippen LogP contribution in [-0.4, -0.2) is 35.1 Å². The second-order valence-corrected chi connectivity index (χ2v) is 7.89. The van der Waals surface area contributed by atoms with Gasteiger partial charge in [-0.2, -0.15) is 5.26 Å². The highest BCUT2D eigenvalue weighted by molar-refractivity contribution is 7.90. The van der Waals surface area contributed by atoms with Crippen LogP contribution in [-0.2, 0) is 16.4 Å². The molecular formula is C19H14F2N4O4S. The summed E-state index contributed by atoms with van der Waals surface area (Å²) in [6, 6.07) is 8.38. The van der Waals surface area contributed by atoms with E-state index in [9.17, 15) is 27.3 Å². The Morgan fingerprint density at radius 1 is 1.27 bits per heavy atom. The van der Waals surface area contributed by atoms with Crippen LogP contribution in [0.2, 0.25) is 0 Å². The zero-order valence-corrected chi connectivity index (χ0v) is 16.0. The third kappa shape index (κ3) is 4.13. The SMILES string of the molecule is N#Cc1ncccc1-c1cc(CCNC(=O)O)cn1S(=O)(=O)c1ccc(F)cc1F. The van der Waals surface area contributed by atoms with Gasteiger partial charge < -0.3 is 10.4 Å². The molecule has 1 amide bonds. The first-order chi connectivity index (χ1) is 14.2. The van der Waals surface area contributed by atoms with E-state index in [0.717, 1.165) is 16.1 Å². The van der Waals surface area contributed by atoms with Crippen molar-refractivity contribution >= 4 is 16.1 Å². The number of aromatic nitrogens is 2. The molecule has 0 radical (unpaired) electrons. The van der Waals surface area contributed by atoms with Crippen LogP contribution in [0.15, 0.2) is 53.7 Å². The fourth-order valence-electron chi connectivity index (χ4n) is 2.83. The molecule has 0 bridgehead atoms. The van der Waals surface area contributed by atoms with E-state index in [-0.39, 0.29) is 29.9 Å². The molecule has 8 nitrogen and oxygen atoms in total. The van der Waals surface area contributed by atoms with Crippen molar-refractivity contribution < 1.29 is 27.1 Å². The lowest BCUT2D eigenvalue weighted by Crippen LogP contribution is -2.23.